The number of pyridine rings is 1. The SMILES string of the molecule is COc1cc2[nH]cc(C#N)c(=O)c2cc1C. The van der Waals surface area contributed by atoms with Crippen molar-refractivity contribution in [1.82, 2.24) is 4.98 Å². The molecule has 0 amide bonds. The van der Waals surface area contributed by atoms with Crippen molar-refractivity contribution < 1.29 is 4.74 Å². The number of nitrogens with zero attached hydrogens (tertiary/aromatic N) is 1. The number of aromatic nitrogens is 1. The molecule has 0 spiro atoms. The van der Waals surface area contributed by atoms with Crippen molar-refractivity contribution in [2.45, 2.75) is 6.92 Å². The summed E-state index contributed by atoms with van der Waals surface area (Å²) in [6.45, 7) is 1.86. The molecule has 0 atom stereocenters. The highest BCUT2D eigenvalue weighted by molar-refractivity contribution is 5.82. The van der Waals surface area contributed by atoms with Gasteiger partial charge in [0.2, 0.25) is 5.43 Å². The van der Waals surface area contributed by atoms with Crippen LogP contribution in [0.3, 0.4) is 0 Å². The molecule has 4 heteroatoms. The second-order valence-corrected chi connectivity index (χ2v) is 3.51. The van der Waals surface area contributed by atoms with Crippen LogP contribution in [0.15, 0.2) is 23.1 Å². The fourth-order valence-corrected chi connectivity index (χ4v) is 1.66. The smallest absolute Gasteiger partial charge is 0.207 e. The molecule has 0 saturated heterocycles. The summed E-state index contributed by atoms with van der Waals surface area (Å²) in [5.41, 5.74) is 1.42. The van der Waals surface area contributed by atoms with Crippen molar-refractivity contribution in [2.75, 3.05) is 7.11 Å². The van der Waals surface area contributed by atoms with Crippen LogP contribution in [0.25, 0.3) is 10.9 Å². The second kappa shape index (κ2) is 3.70. The molecule has 1 aromatic heterocycles. The Morgan fingerprint density at radius 2 is 2.19 bits per heavy atom. The van der Waals surface area contributed by atoms with Crippen LogP contribution in [-0.2, 0) is 0 Å². The largest absolute Gasteiger partial charge is 0.496 e. The van der Waals surface area contributed by atoms with E-state index in [4.69, 9.17) is 10.00 Å². The molecule has 1 aromatic carbocycles. The number of ether oxygens (including phenoxy) is 1. The van der Waals surface area contributed by atoms with E-state index >= 15 is 0 Å². The van der Waals surface area contributed by atoms with Crippen molar-refractivity contribution in [1.29, 1.82) is 5.26 Å². The number of methoxy groups -OCH3 is 1. The zero-order valence-electron chi connectivity index (χ0n) is 9.00. The zero-order chi connectivity index (χ0) is 11.7. The molecule has 1 heterocycles. The highest BCUT2D eigenvalue weighted by Crippen LogP contribution is 2.22. The third-order valence-corrected chi connectivity index (χ3v) is 2.52. The Morgan fingerprint density at radius 3 is 2.81 bits per heavy atom. The van der Waals surface area contributed by atoms with E-state index in [0.29, 0.717) is 16.7 Å². The van der Waals surface area contributed by atoms with E-state index in [1.807, 2.05) is 13.0 Å². The van der Waals surface area contributed by atoms with Crippen LogP contribution >= 0.6 is 0 Å². The minimum Gasteiger partial charge on any atom is -0.496 e. The topological polar surface area (TPSA) is 65.9 Å². The van der Waals surface area contributed by atoms with Crippen LogP contribution in [0.4, 0.5) is 0 Å². The summed E-state index contributed by atoms with van der Waals surface area (Å²) in [6, 6.07) is 5.35. The molecular weight excluding hydrogens is 204 g/mol. The van der Waals surface area contributed by atoms with E-state index in [-0.39, 0.29) is 11.0 Å². The normalized spacial score (nSPS) is 10.1. The van der Waals surface area contributed by atoms with Gasteiger partial charge in [-0.05, 0) is 18.6 Å². The van der Waals surface area contributed by atoms with Gasteiger partial charge in [0, 0.05) is 17.6 Å². The van der Waals surface area contributed by atoms with Gasteiger partial charge in [0.05, 0.1) is 12.6 Å². The van der Waals surface area contributed by atoms with Gasteiger partial charge >= 0.3 is 0 Å². The average Bonchev–Trinajstić information content (AvgIpc) is 2.30. The molecule has 0 aliphatic rings. The molecule has 4 nitrogen and oxygen atoms in total. The highest BCUT2D eigenvalue weighted by atomic mass is 16.5. The molecule has 2 rings (SSSR count). The minimum atomic E-state index is -0.248. The average molecular weight is 214 g/mol. The van der Waals surface area contributed by atoms with Gasteiger partial charge in [-0.1, -0.05) is 0 Å². The van der Waals surface area contributed by atoms with Crippen LogP contribution in [0.5, 0.6) is 5.75 Å². The summed E-state index contributed by atoms with van der Waals surface area (Å²) in [5, 5.41) is 9.26. The Hall–Kier alpha value is -2.28. The van der Waals surface area contributed by atoms with Gasteiger partial charge in [-0.2, -0.15) is 5.26 Å². The first-order valence-corrected chi connectivity index (χ1v) is 4.77. The molecule has 0 aliphatic heterocycles. The first-order valence-electron chi connectivity index (χ1n) is 4.77. The lowest BCUT2D eigenvalue weighted by atomic mass is 10.1. The number of rotatable bonds is 1. The zero-order valence-corrected chi connectivity index (χ0v) is 9.00. The fraction of sp³-hybridized carbons (Fsp3) is 0.167. The van der Waals surface area contributed by atoms with E-state index < -0.39 is 0 Å². The van der Waals surface area contributed by atoms with Crippen LogP contribution in [0.2, 0.25) is 0 Å². The van der Waals surface area contributed by atoms with E-state index in [9.17, 15) is 4.79 Å². The highest BCUT2D eigenvalue weighted by Gasteiger charge is 2.07. The standard InChI is InChI=1S/C12H10N2O2/c1-7-3-9-10(4-11(7)16-2)14-6-8(5-13)12(9)15/h3-4,6H,1-2H3,(H,14,15). The number of aryl methyl sites for hydroxylation is 1. The van der Waals surface area contributed by atoms with Gasteiger partial charge < -0.3 is 9.72 Å². The lowest BCUT2D eigenvalue weighted by Crippen LogP contribution is -2.07. The van der Waals surface area contributed by atoms with E-state index in [0.717, 1.165) is 5.56 Å². The van der Waals surface area contributed by atoms with Gasteiger partial charge in [-0.25, -0.2) is 0 Å². The van der Waals surface area contributed by atoms with Gasteiger partial charge in [0.25, 0.3) is 0 Å². The number of hydrogen-bond donors (Lipinski definition) is 1. The summed E-state index contributed by atoms with van der Waals surface area (Å²) in [4.78, 5) is 14.7. The van der Waals surface area contributed by atoms with Crippen LogP contribution in [0, 0.1) is 18.3 Å². The Kier molecular flexibility index (Phi) is 2.37. The summed E-state index contributed by atoms with van der Waals surface area (Å²) < 4.78 is 5.16. The number of aromatic amines is 1. The molecule has 0 radical (unpaired) electrons. The number of nitrogens with one attached hydrogen (secondary N) is 1. The summed E-state index contributed by atoms with van der Waals surface area (Å²) >= 11 is 0. The first-order chi connectivity index (χ1) is 7.67. The summed E-state index contributed by atoms with van der Waals surface area (Å²) in [6.07, 6.45) is 1.42. The van der Waals surface area contributed by atoms with Crippen molar-refractivity contribution in [3.63, 3.8) is 0 Å². The summed E-state index contributed by atoms with van der Waals surface area (Å²) in [7, 11) is 1.58. The van der Waals surface area contributed by atoms with E-state index in [1.165, 1.54) is 6.20 Å². The lowest BCUT2D eigenvalue weighted by Gasteiger charge is -2.06. The van der Waals surface area contributed by atoms with Crippen LogP contribution in [0.1, 0.15) is 11.1 Å². The van der Waals surface area contributed by atoms with Crippen molar-refractivity contribution in [3.8, 4) is 11.8 Å². The first kappa shape index (κ1) is 10.2. The molecule has 2 aromatic rings. The van der Waals surface area contributed by atoms with Crippen molar-refractivity contribution in [3.05, 3.63) is 39.7 Å². The Morgan fingerprint density at radius 1 is 1.44 bits per heavy atom. The van der Waals surface area contributed by atoms with E-state index in [2.05, 4.69) is 4.98 Å². The van der Waals surface area contributed by atoms with Crippen molar-refractivity contribution in [2.24, 2.45) is 0 Å². The number of nitriles is 1. The maximum absolute atomic E-state index is 11.8. The molecule has 80 valence electrons. The Labute approximate surface area is 92.1 Å². The van der Waals surface area contributed by atoms with Crippen molar-refractivity contribution >= 4 is 10.9 Å². The molecule has 1 N–H and O–H groups in total. The van der Waals surface area contributed by atoms with Gasteiger partial charge in [0.1, 0.15) is 17.4 Å². The molecule has 16 heavy (non-hydrogen) atoms. The molecule has 0 saturated carbocycles. The number of H-pyrrole nitrogens is 1. The third kappa shape index (κ3) is 1.43. The maximum atomic E-state index is 11.8. The van der Waals surface area contributed by atoms with Crippen LogP contribution in [-0.4, -0.2) is 12.1 Å². The third-order valence-electron chi connectivity index (χ3n) is 2.52. The quantitative estimate of drug-likeness (QED) is 0.785. The molecule has 0 unspecified atom stereocenters. The van der Waals surface area contributed by atoms with Gasteiger partial charge in [-0.15, -0.1) is 0 Å². The minimum absolute atomic E-state index is 0.122. The van der Waals surface area contributed by atoms with Crippen LogP contribution < -0.4 is 10.2 Å². The predicted octanol–water partition coefficient (Wildman–Crippen LogP) is 1.72. The van der Waals surface area contributed by atoms with Gasteiger partial charge in [0.15, 0.2) is 0 Å². The Balaban J connectivity index is 2.88. The summed E-state index contributed by atoms with van der Waals surface area (Å²) in [5.74, 6) is 0.716. The van der Waals surface area contributed by atoms with Gasteiger partial charge in [-0.3, -0.25) is 4.79 Å². The lowest BCUT2D eigenvalue weighted by molar-refractivity contribution is 0.412. The molecule has 0 aliphatic carbocycles. The number of hydrogen-bond acceptors (Lipinski definition) is 3. The fourth-order valence-electron chi connectivity index (χ4n) is 1.66. The second-order valence-electron chi connectivity index (χ2n) is 3.51. The van der Waals surface area contributed by atoms with E-state index in [1.54, 1.807) is 19.2 Å². The molecular formula is C12H10N2O2. The monoisotopic (exact) mass is 214 g/mol. The maximum Gasteiger partial charge on any atom is 0.207 e. The predicted molar refractivity (Wildman–Crippen MR) is 60.6 cm³/mol. The number of benzene rings is 1. The number of fused-ring (bicyclic) bond motifs is 1. The molecule has 0 bridgehead atoms. The molecule has 0 fully saturated rings. The Bertz CT molecular complexity index is 650.